The Labute approximate surface area is 134 Å². The first kappa shape index (κ1) is 20.0. The standard InChI is InChI=1S/C16H25F3O4/c1-9(2)13(20)23-12-7-10(14(3,4)21)6-11(8-12)15(5,22)16(17,18)19/h10-12,21-22H,1,6-8H2,2-5H3. The molecule has 23 heavy (non-hydrogen) atoms. The van der Waals surface area contributed by atoms with Crippen molar-refractivity contribution in [2.75, 3.05) is 0 Å². The molecule has 0 amide bonds. The van der Waals surface area contributed by atoms with Gasteiger partial charge in [-0.2, -0.15) is 13.2 Å². The van der Waals surface area contributed by atoms with Crippen molar-refractivity contribution in [2.24, 2.45) is 11.8 Å². The molecule has 1 fully saturated rings. The quantitative estimate of drug-likeness (QED) is 0.611. The topological polar surface area (TPSA) is 66.8 Å². The van der Waals surface area contributed by atoms with Crippen molar-refractivity contribution in [3.05, 3.63) is 12.2 Å². The minimum Gasteiger partial charge on any atom is -0.459 e. The van der Waals surface area contributed by atoms with Gasteiger partial charge in [0, 0.05) is 11.5 Å². The Morgan fingerprint density at radius 1 is 1.09 bits per heavy atom. The Hall–Kier alpha value is -1.08. The molecule has 0 aromatic heterocycles. The summed E-state index contributed by atoms with van der Waals surface area (Å²) in [6.45, 7) is 8.61. The van der Waals surface area contributed by atoms with Crippen LogP contribution in [0.15, 0.2) is 12.2 Å². The van der Waals surface area contributed by atoms with Crippen LogP contribution in [-0.4, -0.2) is 39.7 Å². The number of aliphatic hydroxyl groups is 2. The number of esters is 1. The highest BCUT2D eigenvalue weighted by molar-refractivity contribution is 5.87. The van der Waals surface area contributed by atoms with Crippen molar-refractivity contribution in [3.63, 3.8) is 0 Å². The number of halogens is 3. The summed E-state index contributed by atoms with van der Waals surface area (Å²) in [7, 11) is 0. The first-order chi connectivity index (χ1) is 10.2. The van der Waals surface area contributed by atoms with E-state index in [2.05, 4.69) is 6.58 Å². The molecule has 2 N–H and O–H groups in total. The molecule has 0 aromatic rings. The molecule has 4 unspecified atom stereocenters. The van der Waals surface area contributed by atoms with Gasteiger partial charge in [0.25, 0.3) is 0 Å². The summed E-state index contributed by atoms with van der Waals surface area (Å²) in [6.07, 6.45) is -5.48. The SMILES string of the molecule is C=C(C)C(=O)OC1CC(C(C)(C)O)CC(C(C)(O)C(F)(F)F)C1. The molecule has 4 atom stereocenters. The largest absolute Gasteiger partial charge is 0.459 e. The van der Waals surface area contributed by atoms with Gasteiger partial charge in [-0.1, -0.05) is 6.58 Å². The van der Waals surface area contributed by atoms with E-state index in [9.17, 15) is 28.2 Å². The third-order valence-electron chi connectivity index (χ3n) is 4.65. The van der Waals surface area contributed by atoms with Crippen molar-refractivity contribution >= 4 is 5.97 Å². The van der Waals surface area contributed by atoms with Crippen LogP contribution < -0.4 is 0 Å². The summed E-state index contributed by atoms with van der Waals surface area (Å²) in [5.41, 5.74) is -4.01. The number of alkyl halides is 3. The van der Waals surface area contributed by atoms with Gasteiger partial charge in [0.1, 0.15) is 6.10 Å². The summed E-state index contributed by atoms with van der Waals surface area (Å²) in [6, 6.07) is 0. The summed E-state index contributed by atoms with van der Waals surface area (Å²) in [5, 5.41) is 20.1. The Balaban J connectivity index is 3.04. The zero-order valence-corrected chi connectivity index (χ0v) is 13.9. The fraction of sp³-hybridized carbons (Fsp3) is 0.812. The Bertz CT molecular complexity index is 463. The second-order valence-corrected chi connectivity index (χ2v) is 7.21. The predicted molar refractivity (Wildman–Crippen MR) is 78.5 cm³/mol. The van der Waals surface area contributed by atoms with Crippen LogP contribution in [0.5, 0.6) is 0 Å². The molecule has 1 rings (SSSR count). The fourth-order valence-electron chi connectivity index (χ4n) is 2.88. The van der Waals surface area contributed by atoms with Gasteiger partial charge in [-0.25, -0.2) is 4.79 Å². The van der Waals surface area contributed by atoms with Gasteiger partial charge in [0.15, 0.2) is 5.60 Å². The first-order valence-corrected chi connectivity index (χ1v) is 7.54. The molecule has 0 saturated heterocycles. The molecule has 1 aliphatic rings. The van der Waals surface area contributed by atoms with Crippen molar-refractivity contribution < 1.29 is 32.9 Å². The van der Waals surface area contributed by atoms with Crippen LogP contribution in [-0.2, 0) is 9.53 Å². The van der Waals surface area contributed by atoms with E-state index in [0.29, 0.717) is 0 Å². The molecule has 7 heteroatoms. The number of carbonyl (C=O) groups is 1. The van der Waals surface area contributed by atoms with Crippen LogP contribution in [0.4, 0.5) is 13.2 Å². The third kappa shape index (κ3) is 4.70. The molecule has 1 aliphatic carbocycles. The van der Waals surface area contributed by atoms with E-state index in [1.165, 1.54) is 20.8 Å². The number of hydrogen-bond acceptors (Lipinski definition) is 4. The van der Waals surface area contributed by atoms with Crippen molar-refractivity contribution in [3.8, 4) is 0 Å². The van der Waals surface area contributed by atoms with Crippen molar-refractivity contribution in [1.29, 1.82) is 0 Å². The second kappa shape index (κ2) is 6.43. The number of carbonyl (C=O) groups excluding carboxylic acids is 1. The van der Waals surface area contributed by atoms with E-state index in [4.69, 9.17) is 4.74 Å². The van der Waals surface area contributed by atoms with Crippen LogP contribution in [0.25, 0.3) is 0 Å². The highest BCUT2D eigenvalue weighted by atomic mass is 19.4. The van der Waals surface area contributed by atoms with Gasteiger partial charge < -0.3 is 14.9 Å². The van der Waals surface area contributed by atoms with Gasteiger partial charge in [-0.05, 0) is 52.9 Å². The zero-order valence-electron chi connectivity index (χ0n) is 13.9. The average molecular weight is 338 g/mol. The van der Waals surface area contributed by atoms with Crippen LogP contribution >= 0.6 is 0 Å². The van der Waals surface area contributed by atoms with Gasteiger partial charge >= 0.3 is 12.1 Å². The molecule has 0 heterocycles. The minimum absolute atomic E-state index is 0.00285. The van der Waals surface area contributed by atoms with Crippen LogP contribution in [0.3, 0.4) is 0 Å². The molecule has 0 aliphatic heterocycles. The lowest BCUT2D eigenvalue weighted by atomic mass is 9.67. The van der Waals surface area contributed by atoms with Gasteiger partial charge in [0.2, 0.25) is 0 Å². The lowest BCUT2D eigenvalue weighted by Crippen LogP contribution is -2.53. The predicted octanol–water partition coefficient (Wildman–Crippen LogP) is 2.97. The lowest BCUT2D eigenvalue weighted by molar-refractivity contribution is -0.281. The van der Waals surface area contributed by atoms with E-state index in [1.54, 1.807) is 0 Å². The number of rotatable bonds is 4. The molecule has 0 aromatic carbocycles. The number of ether oxygens (including phenoxy) is 1. The van der Waals surface area contributed by atoms with Crippen LogP contribution in [0, 0.1) is 11.8 Å². The number of hydrogen-bond donors (Lipinski definition) is 2. The highest BCUT2D eigenvalue weighted by Gasteiger charge is 2.57. The molecular formula is C16H25F3O4. The Morgan fingerprint density at radius 2 is 1.57 bits per heavy atom. The van der Waals surface area contributed by atoms with Gasteiger partial charge in [-0.3, -0.25) is 0 Å². The maximum atomic E-state index is 13.1. The third-order valence-corrected chi connectivity index (χ3v) is 4.65. The maximum absolute atomic E-state index is 13.1. The van der Waals surface area contributed by atoms with E-state index < -0.39 is 41.3 Å². The van der Waals surface area contributed by atoms with E-state index in [1.807, 2.05) is 0 Å². The minimum atomic E-state index is -4.80. The molecule has 4 nitrogen and oxygen atoms in total. The molecular weight excluding hydrogens is 313 g/mol. The summed E-state index contributed by atoms with van der Waals surface area (Å²) < 4.78 is 44.6. The molecule has 0 radical (unpaired) electrons. The Kier molecular flexibility index (Phi) is 5.58. The maximum Gasteiger partial charge on any atom is 0.417 e. The summed E-state index contributed by atoms with van der Waals surface area (Å²) >= 11 is 0. The van der Waals surface area contributed by atoms with E-state index in [-0.39, 0.29) is 24.8 Å². The van der Waals surface area contributed by atoms with Crippen LogP contribution in [0.2, 0.25) is 0 Å². The summed E-state index contributed by atoms with van der Waals surface area (Å²) in [4.78, 5) is 11.7. The van der Waals surface area contributed by atoms with Crippen molar-refractivity contribution in [2.45, 2.75) is 70.4 Å². The molecule has 1 saturated carbocycles. The van der Waals surface area contributed by atoms with E-state index >= 15 is 0 Å². The molecule has 0 bridgehead atoms. The van der Waals surface area contributed by atoms with Crippen molar-refractivity contribution in [1.82, 2.24) is 0 Å². The summed E-state index contributed by atoms with van der Waals surface area (Å²) in [5.74, 6) is -2.38. The first-order valence-electron chi connectivity index (χ1n) is 7.54. The average Bonchev–Trinajstić information content (AvgIpc) is 2.35. The van der Waals surface area contributed by atoms with E-state index in [0.717, 1.165) is 6.92 Å². The monoisotopic (exact) mass is 338 g/mol. The molecule has 0 spiro atoms. The smallest absolute Gasteiger partial charge is 0.417 e. The normalized spacial score (nSPS) is 28.8. The highest BCUT2D eigenvalue weighted by Crippen LogP contribution is 2.46. The molecule has 134 valence electrons. The lowest BCUT2D eigenvalue weighted by Gasteiger charge is -2.45. The van der Waals surface area contributed by atoms with Crippen LogP contribution in [0.1, 0.15) is 47.0 Å². The van der Waals surface area contributed by atoms with Gasteiger partial charge in [0.05, 0.1) is 5.60 Å². The second-order valence-electron chi connectivity index (χ2n) is 7.21. The van der Waals surface area contributed by atoms with Gasteiger partial charge in [-0.15, -0.1) is 0 Å². The Morgan fingerprint density at radius 3 is 1.96 bits per heavy atom. The fourth-order valence-corrected chi connectivity index (χ4v) is 2.88. The zero-order chi connectivity index (χ0) is 18.2.